The maximum atomic E-state index is 13.0. The third-order valence-corrected chi connectivity index (χ3v) is 6.75. The van der Waals surface area contributed by atoms with Crippen molar-refractivity contribution in [3.05, 3.63) is 0 Å². The van der Waals surface area contributed by atoms with Crippen molar-refractivity contribution in [2.24, 2.45) is 11.8 Å². The molecule has 0 spiro atoms. The molecule has 1 N–H and O–H groups in total. The Morgan fingerprint density at radius 3 is 2.36 bits per heavy atom. The van der Waals surface area contributed by atoms with E-state index in [1.54, 1.807) is 6.92 Å². The lowest BCUT2D eigenvalue weighted by molar-refractivity contribution is -0.188. The van der Waals surface area contributed by atoms with Crippen LogP contribution in [0, 0.1) is 11.8 Å². The molecule has 3 atom stereocenters. The average molecular weight is 386 g/mol. The van der Waals surface area contributed by atoms with Crippen LogP contribution in [0.1, 0.15) is 26.2 Å². The highest BCUT2D eigenvalue weighted by Gasteiger charge is 2.54. The number of sulfonamides is 1. The predicted molar refractivity (Wildman–Crippen MR) is 81.1 cm³/mol. The van der Waals surface area contributed by atoms with E-state index in [2.05, 4.69) is 0 Å². The van der Waals surface area contributed by atoms with Crippen molar-refractivity contribution in [1.82, 2.24) is 9.21 Å². The normalized spacial score (nSPS) is 28.5. The lowest BCUT2D eigenvalue weighted by Gasteiger charge is -2.27. The minimum Gasteiger partial charge on any atom is -0.481 e. The second kappa shape index (κ2) is 7.10. The maximum Gasteiger partial charge on any atom is 0.394 e. The second-order valence-electron chi connectivity index (χ2n) is 6.42. The Kier molecular flexibility index (Phi) is 5.67. The fourth-order valence-corrected chi connectivity index (χ4v) is 5.21. The highest BCUT2D eigenvalue weighted by molar-refractivity contribution is 7.89. The van der Waals surface area contributed by atoms with E-state index in [-0.39, 0.29) is 18.7 Å². The van der Waals surface area contributed by atoms with Crippen LogP contribution in [0.15, 0.2) is 0 Å². The van der Waals surface area contributed by atoms with Crippen molar-refractivity contribution < 1.29 is 36.3 Å². The number of rotatable bonds is 5. The number of amides is 1. The third kappa shape index (κ3) is 4.08. The van der Waals surface area contributed by atoms with Crippen molar-refractivity contribution in [3.63, 3.8) is 0 Å². The van der Waals surface area contributed by atoms with Gasteiger partial charge in [0.05, 0.1) is 17.6 Å². The lowest BCUT2D eigenvalue weighted by Crippen LogP contribution is -2.48. The quantitative estimate of drug-likeness (QED) is 0.758. The van der Waals surface area contributed by atoms with Crippen molar-refractivity contribution in [2.45, 2.75) is 38.4 Å². The van der Waals surface area contributed by atoms with E-state index in [9.17, 15) is 31.2 Å². The molecule has 0 radical (unpaired) electrons. The number of hydrogen-bond acceptors (Lipinski definition) is 4. The first-order valence-corrected chi connectivity index (χ1v) is 9.67. The number of likely N-dealkylation sites (tertiary alicyclic amines) is 1. The summed E-state index contributed by atoms with van der Waals surface area (Å²) < 4.78 is 64.7. The van der Waals surface area contributed by atoms with Crippen LogP contribution in [0.3, 0.4) is 0 Å². The zero-order valence-corrected chi connectivity index (χ0v) is 14.5. The van der Waals surface area contributed by atoms with Gasteiger partial charge in [-0.25, -0.2) is 8.42 Å². The van der Waals surface area contributed by atoms with Gasteiger partial charge in [0.2, 0.25) is 15.9 Å². The first kappa shape index (κ1) is 20.0. The molecule has 11 heteroatoms. The Labute approximate surface area is 143 Å². The van der Waals surface area contributed by atoms with Crippen LogP contribution >= 0.6 is 0 Å². The van der Waals surface area contributed by atoms with Gasteiger partial charge in [-0.2, -0.15) is 17.5 Å². The largest absolute Gasteiger partial charge is 0.481 e. The van der Waals surface area contributed by atoms with E-state index in [4.69, 9.17) is 5.11 Å². The monoisotopic (exact) mass is 386 g/mol. The molecule has 7 nitrogen and oxygen atoms in total. The second-order valence-corrected chi connectivity index (χ2v) is 8.46. The number of carboxylic acids is 1. The summed E-state index contributed by atoms with van der Waals surface area (Å²) in [6, 6.07) is -1.04. The smallest absolute Gasteiger partial charge is 0.394 e. The zero-order valence-electron chi connectivity index (χ0n) is 13.7. The van der Waals surface area contributed by atoms with E-state index < -0.39 is 59.0 Å². The van der Waals surface area contributed by atoms with E-state index in [1.807, 2.05) is 0 Å². The molecule has 2 heterocycles. The van der Waals surface area contributed by atoms with E-state index in [0.29, 0.717) is 12.8 Å². The first-order chi connectivity index (χ1) is 11.5. The number of halogens is 3. The molecule has 2 fully saturated rings. The summed E-state index contributed by atoms with van der Waals surface area (Å²) in [6.45, 7) is 0.516. The van der Waals surface area contributed by atoms with Gasteiger partial charge in [0.1, 0.15) is 6.04 Å². The number of nitrogens with zero attached hydrogens (tertiary/aromatic N) is 2. The number of aliphatic carboxylic acids is 1. The minimum atomic E-state index is -4.73. The molecule has 0 aliphatic carbocycles. The predicted octanol–water partition coefficient (Wildman–Crippen LogP) is 0.912. The Bertz CT molecular complexity index is 637. The van der Waals surface area contributed by atoms with Crippen LogP contribution in [0.2, 0.25) is 0 Å². The van der Waals surface area contributed by atoms with Gasteiger partial charge in [-0.3, -0.25) is 9.59 Å². The Morgan fingerprint density at radius 2 is 1.88 bits per heavy atom. The average Bonchev–Trinajstić information content (AvgIpc) is 3.13. The van der Waals surface area contributed by atoms with Crippen LogP contribution in [0.25, 0.3) is 0 Å². The number of hydrogen-bond donors (Lipinski definition) is 1. The molecular formula is C14H21F3N2O5S. The minimum absolute atomic E-state index is 0.139. The molecule has 0 aromatic rings. The number of carboxylic acid groups (broad SMARTS) is 1. The fraction of sp³-hybridized carbons (Fsp3) is 0.857. The molecule has 144 valence electrons. The third-order valence-electron chi connectivity index (χ3n) is 4.68. The summed E-state index contributed by atoms with van der Waals surface area (Å²) in [5.41, 5.74) is 0. The van der Waals surface area contributed by atoms with Gasteiger partial charge in [-0.15, -0.1) is 0 Å². The van der Waals surface area contributed by atoms with Gasteiger partial charge >= 0.3 is 12.1 Å². The van der Waals surface area contributed by atoms with E-state index >= 15 is 0 Å². The van der Waals surface area contributed by atoms with Crippen LogP contribution < -0.4 is 0 Å². The molecular weight excluding hydrogens is 365 g/mol. The summed E-state index contributed by atoms with van der Waals surface area (Å²) in [7, 11) is -3.66. The lowest BCUT2D eigenvalue weighted by atomic mass is 9.96. The molecule has 0 aromatic heterocycles. The summed E-state index contributed by atoms with van der Waals surface area (Å²) in [6.07, 6.45) is -3.70. The Balaban J connectivity index is 2.19. The first-order valence-electron chi connectivity index (χ1n) is 8.07. The van der Waals surface area contributed by atoms with Crippen LogP contribution in [0.4, 0.5) is 13.2 Å². The highest BCUT2D eigenvalue weighted by atomic mass is 32.2. The topological polar surface area (TPSA) is 95.0 Å². The van der Waals surface area contributed by atoms with E-state index in [1.165, 1.54) is 0 Å². The van der Waals surface area contributed by atoms with Gasteiger partial charge in [0.25, 0.3) is 0 Å². The van der Waals surface area contributed by atoms with Crippen LogP contribution in [-0.4, -0.2) is 72.2 Å². The molecule has 2 rings (SSSR count). The van der Waals surface area contributed by atoms with Crippen molar-refractivity contribution in [3.8, 4) is 0 Å². The van der Waals surface area contributed by atoms with Crippen molar-refractivity contribution in [2.75, 3.05) is 25.4 Å². The van der Waals surface area contributed by atoms with Gasteiger partial charge in [0.15, 0.2) is 0 Å². The number of carbonyl (C=O) groups excluding carboxylic acids is 1. The standard InChI is InChI=1S/C14H21F3N2O5S/c1-2-6-25(23,24)19-5-3-4-11(19)12(20)18-7-9(13(21)22)10(8-18)14(15,16)17/h9-11H,2-8H2,1H3,(H,21,22)/t9-,10-,11?/m1/s1. The Hall–Kier alpha value is -1.36. The molecule has 0 aromatic carbocycles. The molecule has 2 saturated heterocycles. The summed E-state index contributed by atoms with van der Waals surface area (Å²) in [5.74, 6) is -6.36. The molecule has 2 aliphatic rings. The summed E-state index contributed by atoms with van der Waals surface area (Å²) in [5, 5.41) is 9.02. The molecule has 0 saturated carbocycles. The SMILES string of the molecule is CCCS(=O)(=O)N1CCCC1C(=O)N1C[C@@H](C(F)(F)F)[C@H](C(=O)O)C1. The van der Waals surface area contributed by atoms with Gasteiger partial charge < -0.3 is 10.0 Å². The van der Waals surface area contributed by atoms with Crippen LogP contribution in [0.5, 0.6) is 0 Å². The molecule has 2 aliphatic heterocycles. The van der Waals surface area contributed by atoms with Gasteiger partial charge in [-0.1, -0.05) is 6.92 Å². The molecule has 1 unspecified atom stereocenters. The number of alkyl halides is 3. The summed E-state index contributed by atoms with van der Waals surface area (Å²) in [4.78, 5) is 24.6. The fourth-order valence-electron chi connectivity index (χ4n) is 3.47. The van der Waals surface area contributed by atoms with Gasteiger partial charge in [-0.05, 0) is 19.3 Å². The molecule has 1 amide bonds. The molecule has 25 heavy (non-hydrogen) atoms. The van der Waals surface area contributed by atoms with Gasteiger partial charge in [0, 0.05) is 19.6 Å². The maximum absolute atomic E-state index is 13.0. The van der Waals surface area contributed by atoms with Crippen molar-refractivity contribution >= 4 is 21.9 Å². The van der Waals surface area contributed by atoms with E-state index in [0.717, 1.165) is 9.21 Å². The zero-order chi connectivity index (χ0) is 19.0. The Morgan fingerprint density at radius 1 is 1.24 bits per heavy atom. The highest BCUT2D eigenvalue weighted by Crippen LogP contribution is 2.38. The molecule has 0 bridgehead atoms. The summed E-state index contributed by atoms with van der Waals surface area (Å²) >= 11 is 0. The number of carbonyl (C=O) groups is 2. The van der Waals surface area contributed by atoms with Crippen LogP contribution in [-0.2, 0) is 19.6 Å². The van der Waals surface area contributed by atoms with Crippen molar-refractivity contribution in [1.29, 1.82) is 0 Å².